The van der Waals surface area contributed by atoms with Gasteiger partial charge in [0.1, 0.15) is 5.52 Å². The van der Waals surface area contributed by atoms with Gasteiger partial charge in [-0.2, -0.15) is 0 Å². The molecule has 0 spiro atoms. The van der Waals surface area contributed by atoms with Crippen LogP contribution in [-0.4, -0.2) is 21.8 Å². The zero-order chi connectivity index (χ0) is 16.1. The molecule has 2 N–H and O–H groups in total. The van der Waals surface area contributed by atoms with Crippen molar-refractivity contribution < 1.29 is 14.0 Å². The predicted molar refractivity (Wildman–Crippen MR) is 82.9 cm³/mol. The molecule has 114 valence electrons. The van der Waals surface area contributed by atoms with Crippen molar-refractivity contribution in [1.82, 2.24) is 20.8 Å². The lowest BCUT2D eigenvalue weighted by Crippen LogP contribution is -2.40. The number of hydrazine groups is 1. The Morgan fingerprint density at radius 1 is 1.09 bits per heavy atom. The molecule has 0 aliphatic carbocycles. The molecule has 7 heteroatoms. The van der Waals surface area contributed by atoms with Crippen molar-refractivity contribution in [2.75, 3.05) is 0 Å². The van der Waals surface area contributed by atoms with Gasteiger partial charge in [0, 0.05) is 24.5 Å². The molecule has 3 rings (SSSR count). The van der Waals surface area contributed by atoms with Crippen molar-refractivity contribution in [3.05, 3.63) is 66.3 Å². The van der Waals surface area contributed by atoms with Gasteiger partial charge in [0.25, 0.3) is 11.8 Å². The maximum Gasteiger partial charge on any atom is 0.271 e. The fourth-order valence-corrected chi connectivity index (χ4v) is 1.84. The minimum absolute atomic E-state index is 0.305. The second kappa shape index (κ2) is 6.52. The highest BCUT2D eigenvalue weighted by atomic mass is 16.3. The van der Waals surface area contributed by atoms with E-state index in [9.17, 15) is 9.59 Å². The van der Waals surface area contributed by atoms with Gasteiger partial charge >= 0.3 is 0 Å². The fraction of sp³-hybridized carbons (Fsp3) is 0. The van der Waals surface area contributed by atoms with Gasteiger partial charge in [-0.25, -0.2) is 4.98 Å². The number of hydrogen-bond donors (Lipinski definition) is 2. The number of pyridine rings is 1. The normalized spacial score (nSPS) is 10.8. The Labute approximate surface area is 131 Å². The minimum Gasteiger partial charge on any atom is -0.437 e. The van der Waals surface area contributed by atoms with Crippen LogP contribution in [-0.2, 0) is 4.79 Å². The SMILES string of the molecule is O=C(/C=C/c1nc2ccccc2o1)NNC(=O)c1cccnc1. The smallest absolute Gasteiger partial charge is 0.271 e. The van der Waals surface area contributed by atoms with Gasteiger partial charge in [-0.15, -0.1) is 0 Å². The van der Waals surface area contributed by atoms with E-state index in [-0.39, 0.29) is 0 Å². The van der Waals surface area contributed by atoms with Gasteiger partial charge in [-0.05, 0) is 24.3 Å². The van der Waals surface area contributed by atoms with Crippen LogP contribution < -0.4 is 10.9 Å². The van der Waals surface area contributed by atoms with E-state index < -0.39 is 11.8 Å². The summed E-state index contributed by atoms with van der Waals surface area (Å²) in [7, 11) is 0. The Hall–Kier alpha value is -3.48. The zero-order valence-electron chi connectivity index (χ0n) is 11.9. The number of carbonyl (C=O) groups excluding carboxylic acids is 2. The average Bonchev–Trinajstić information content (AvgIpc) is 3.01. The van der Waals surface area contributed by atoms with Crippen LogP contribution in [0.5, 0.6) is 0 Å². The first-order valence-electron chi connectivity index (χ1n) is 6.76. The standard InChI is InChI=1S/C16H12N4O3/c21-14(19-20-16(22)11-4-3-9-17-10-11)7-8-15-18-12-5-1-2-6-13(12)23-15/h1-10H,(H,19,21)(H,20,22)/b8-7+. The van der Waals surface area contributed by atoms with E-state index in [1.807, 2.05) is 18.2 Å². The van der Waals surface area contributed by atoms with Gasteiger partial charge in [-0.1, -0.05) is 12.1 Å². The lowest BCUT2D eigenvalue weighted by atomic mass is 10.3. The van der Waals surface area contributed by atoms with Crippen molar-refractivity contribution in [2.45, 2.75) is 0 Å². The largest absolute Gasteiger partial charge is 0.437 e. The van der Waals surface area contributed by atoms with Crippen LogP contribution in [0.4, 0.5) is 0 Å². The number of nitrogens with one attached hydrogen (secondary N) is 2. The van der Waals surface area contributed by atoms with E-state index in [4.69, 9.17) is 4.42 Å². The molecule has 0 saturated heterocycles. The number of fused-ring (bicyclic) bond motifs is 1. The van der Waals surface area contributed by atoms with Crippen LogP contribution in [0.1, 0.15) is 16.2 Å². The quantitative estimate of drug-likeness (QED) is 0.567. The lowest BCUT2D eigenvalue weighted by molar-refractivity contribution is -0.117. The molecule has 0 aliphatic heterocycles. The Balaban J connectivity index is 1.57. The highest BCUT2D eigenvalue weighted by Crippen LogP contribution is 2.15. The molecule has 0 atom stereocenters. The summed E-state index contributed by atoms with van der Waals surface area (Å²) in [5.74, 6) is -0.661. The summed E-state index contributed by atoms with van der Waals surface area (Å²) in [5, 5.41) is 0. The topological polar surface area (TPSA) is 97.1 Å². The summed E-state index contributed by atoms with van der Waals surface area (Å²) in [4.78, 5) is 31.4. The molecule has 23 heavy (non-hydrogen) atoms. The molecule has 0 saturated carbocycles. The van der Waals surface area contributed by atoms with Gasteiger partial charge in [0.05, 0.1) is 5.56 Å². The molecule has 7 nitrogen and oxygen atoms in total. The van der Waals surface area contributed by atoms with Gasteiger partial charge in [0.2, 0.25) is 5.89 Å². The highest BCUT2D eigenvalue weighted by Gasteiger charge is 2.06. The monoisotopic (exact) mass is 308 g/mol. The second-order valence-corrected chi connectivity index (χ2v) is 4.54. The van der Waals surface area contributed by atoms with E-state index in [1.54, 1.807) is 24.4 Å². The zero-order valence-corrected chi connectivity index (χ0v) is 11.9. The summed E-state index contributed by atoms with van der Waals surface area (Å²) in [6.45, 7) is 0. The van der Waals surface area contributed by atoms with E-state index in [1.165, 1.54) is 18.3 Å². The third-order valence-corrected chi connectivity index (χ3v) is 2.91. The Kier molecular flexibility index (Phi) is 4.10. The van der Waals surface area contributed by atoms with Crippen LogP contribution >= 0.6 is 0 Å². The predicted octanol–water partition coefficient (Wildman–Crippen LogP) is 1.70. The van der Waals surface area contributed by atoms with Gasteiger partial charge < -0.3 is 4.42 Å². The highest BCUT2D eigenvalue weighted by molar-refractivity contribution is 5.97. The third-order valence-electron chi connectivity index (χ3n) is 2.91. The van der Waals surface area contributed by atoms with E-state index in [2.05, 4.69) is 20.8 Å². The molecular formula is C16H12N4O3. The average molecular weight is 308 g/mol. The number of para-hydroxylation sites is 2. The molecule has 0 unspecified atom stereocenters. The molecule has 0 bridgehead atoms. The molecular weight excluding hydrogens is 296 g/mol. The van der Waals surface area contributed by atoms with Crippen LogP contribution in [0.15, 0.2) is 59.3 Å². The van der Waals surface area contributed by atoms with E-state index in [0.29, 0.717) is 22.6 Å². The molecule has 1 aromatic carbocycles. The maximum atomic E-state index is 11.7. The van der Waals surface area contributed by atoms with Crippen molar-refractivity contribution in [1.29, 1.82) is 0 Å². The summed E-state index contributed by atoms with van der Waals surface area (Å²) >= 11 is 0. The van der Waals surface area contributed by atoms with Crippen LogP contribution in [0.3, 0.4) is 0 Å². The van der Waals surface area contributed by atoms with Crippen molar-refractivity contribution in [3.63, 3.8) is 0 Å². The minimum atomic E-state index is -0.510. The fourth-order valence-electron chi connectivity index (χ4n) is 1.84. The molecule has 0 radical (unpaired) electrons. The van der Waals surface area contributed by atoms with Crippen LogP contribution in [0.2, 0.25) is 0 Å². The van der Waals surface area contributed by atoms with E-state index >= 15 is 0 Å². The van der Waals surface area contributed by atoms with Gasteiger partial charge in [-0.3, -0.25) is 25.4 Å². The first kappa shape index (κ1) is 14.5. The maximum absolute atomic E-state index is 11.7. The van der Waals surface area contributed by atoms with E-state index in [0.717, 1.165) is 0 Å². The van der Waals surface area contributed by atoms with Crippen molar-refractivity contribution in [3.8, 4) is 0 Å². The number of rotatable bonds is 3. The first-order valence-corrected chi connectivity index (χ1v) is 6.76. The molecule has 2 heterocycles. The van der Waals surface area contributed by atoms with Crippen LogP contribution in [0.25, 0.3) is 17.2 Å². The number of oxazole rings is 1. The molecule has 0 aliphatic rings. The number of aromatic nitrogens is 2. The number of nitrogens with zero attached hydrogens (tertiary/aromatic N) is 2. The number of carbonyl (C=O) groups is 2. The lowest BCUT2D eigenvalue weighted by Gasteiger charge is -2.04. The molecule has 2 aromatic heterocycles. The summed E-state index contributed by atoms with van der Waals surface area (Å²) in [6, 6.07) is 10.5. The van der Waals surface area contributed by atoms with Crippen molar-refractivity contribution >= 4 is 29.0 Å². The number of benzene rings is 1. The number of amides is 2. The van der Waals surface area contributed by atoms with Crippen LogP contribution in [0, 0.1) is 0 Å². The number of hydrogen-bond acceptors (Lipinski definition) is 5. The van der Waals surface area contributed by atoms with Crippen molar-refractivity contribution in [2.24, 2.45) is 0 Å². The summed E-state index contributed by atoms with van der Waals surface area (Å²) in [5.41, 5.74) is 6.23. The molecule has 0 fully saturated rings. The van der Waals surface area contributed by atoms with Gasteiger partial charge in [0.15, 0.2) is 5.58 Å². The Morgan fingerprint density at radius 3 is 2.74 bits per heavy atom. The summed E-state index contributed by atoms with van der Waals surface area (Å²) < 4.78 is 5.44. The first-order chi connectivity index (χ1) is 11.2. The third kappa shape index (κ3) is 3.59. The molecule has 3 aromatic rings. The Bertz CT molecular complexity index is 838. The summed E-state index contributed by atoms with van der Waals surface area (Å²) in [6.07, 6.45) is 5.59. The molecule has 2 amide bonds. The Morgan fingerprint density at radius 2 is 1.96 bits per heavy atom. The second-order valence-electron chi connectivity index (χ2n) is 4.54.